The number of ether oxygens (including phenoxy) is 9. The molecule has 13 heterocycles. The highest BCUT2D eigenvalue weighted by molar-refractivity contribution is 5.88. The molecule has 0 unspecified atom stereocenters. The van der Waals surface area contributed by atoms with E-state index in [4.69, 9.17) is 42.6 Å². The Morgan fingerprint density at radius 1 is 0.353 bits per heavy atom. The van der Waals surface area contributed by atoms with Gasteiger partial charge in [0.15, 0.2) is 11.6 Å². The lowest BCUT2D eigenvalue weighted by Crippen LogP contribution is -2.36. The van der Waals surface area contributed by atoms with Gasteiger partial charge in [0.05, 0.1) is 113 Å². The van der Waals surface area contributed by atoms with Gasteiger partial charge in [-0.25, -0.2) is 44.3 Å². The summed E-state index contributed by atoms with van der Waals surface area (Å²) in [6, 6.07) is 24.5. The van der Waals surface area contributed by atoms with E-state index in [0.29, 0.717) is 36.0 Å². The Labute approximate surface area is 775 Å². The fourth-order valence-electron chi connectivity index (χ4n) is 19.0. The third kappa shape index (κ3) is 24.3. The Bertz CT molecular complexity index is 5710. The van der Waals surface area contributed by atoms with Crippen molar-refractivity contribution in [1.29, 1.82) is 0 Å². The van der Waals surface area contributed by atoms with Crippen LogP contribution < -0.4 is 69.5 Å². The Morgan fingerprint density at radius 2 is 0.699 bits per heavy atom. The van der Waals surface area contributed by atoms with Gasteiger partial charge >= 0.3 is 6.01 Å². The monoisotopic (exact) mass is 1810 g/mol. The molecular formula is C98H122FN25O9. The predicted molar refractivity (Wildman–Crippen MR) is 512 cm³/mol. The predicted octanol–water partition coefficient (Wildman–Crippen LogP) is 13.9. The minimum absolute atomic E-state index is 0.0923. The molecule has 133 heavy (non-hydrogen) atoms. The Hall–Kier alpha value is -12.4. The molecule has 4 N–H and O–H groups in total. The van der Waals surface area contributed by atoms with E-state index in [-0.39, 0.29) is 36.3 Å². The van der Waals surface area contributed by atoms with Crippen molar-refractivity contribution in [3.05, 3.63) is 165 Å². The molecule has 5 aliphatic heterocycles. The summed E-state index contributed by atoms with van der Waals surface area (Å²) in [5.74, 6) is 5.68. The van der Waals surface area contributed by atoms with Crippen molar-refractivity contribution in [3.8, 4) is 29.0 Å². The summed E-state index contributed by atoms with van der Waals surface area (Å²) in [7, 11) is 7.29. The molecule has 9 aliphatic rings. The summed E-state index contributed by atoms with van der Waals surface area (Å²) >= 11 is 0. The maximum atomic E-state index is 13.9. The van der Waals surface area contributed by atoms with Crippen LogP contribution in [0, 0.1) is 5.82 Å². The molecule has 8 aromatic heterocycles. The first-order valence-electron chi connectivity index (χ1n) is 47.4. The number of piperidine rings is 1. The van der Waals surface area contributed by atoms with Gasteiger partial charge in [0.1, 0.15) is 50.9 Å². The number of anilines is 9. The molecule has 0 radical (unpaired) electrons. The highest BCUT2D eigenvalue weighted by Crippen LogP contribution is 2.40. The summed E-state index contributed by atoms with van der Waals surface area (Å²) in [5, 5.41) is 14.0. The third-order valence-corrected chi connectivity index (χ3v) is 26.4. The van der Waals surface area contributed by atoms with Crippen LogP contribution in [0.3, 0.4) is 0 Å². The van der Waals surface area contributed by atoms with Crippen LogP contribution in [0.15, 0.2) is 153 Å². The van der Waals surface area contributed by atoms with Crippen LogP contribution in [0.1, 0.15) is 127 Å². The smallest absolute Gasteiger partial charge is 0.318 e. The number of pyridine rings is 1. The second-order valence-corrected chi connectivity index (χ2v) is 35.7. The second kappa shape index (κ2) is 44.9. The normalized spacial score (nSPS) is 22.1. The number of nitrogens with one attached hydrogen (secondary N) is 4. The lowest BCUT2D eigenvalue weighted by atomic mass is 9.91. The van der Waals surface area contributed by atoms with E-state index < -0.39 is 5.82 Å². The van der Waals surface area contributed by atoms with Gasteiger partial charge in [0.25, 0.3) is 0 Å². The number of hydrogen-bond donors (Lipinski definition) is 4. The standard InChI is InChI=1S/C28H37N7O2.C24H30FN7O2.C23H28N6O3.C23H27N5O2/c1-34-10-6-20(7-11-34)21-18-31-28(32-19-21)33-22-2-4-24(5-3-22)37-26-17-23(35-12-14-36-15-13-35)16-25-27(26)30-9-8-29-25;1-31(2)23-19(25)15-28-24(30-23)29-16-3-5-18(6-4-16)34-21-14-17(32-9-11-33-12-10-32)13-20-22(21)27-8-7-26-20;1-30-23-26-7-6-21(28-23)27-16-2-4-18(5-3-16)32-20-15-17(29-10-12-31-13-11-29)14-19-22(20)25-9-8-24-19;1-3-20(4-2-17(1)27-18-5-7-24-8-6-18)30-22-16-19(28-11-13-29-14-12-28)15-21-23(22)26-10-9-25-21/h8-9,16-20,22,24H,2-7,10-15H2,1H3,(H,31,32,33);7-8,13-16,18H,3-6,9-12H2,1-2H3,(H,28,29,30);6-9,14-16,18H,2-5,10-13H2,1H3,(H,26,27,28);5-10,15-17,20H,1-4,11-14H2,(H,24,27). The van der Waals surface area contributed by atoms with Crippen LogP contribution in [0.2, 0.25) is 0 Å². The number of aromatic nitrogens is 15. The van der Waals surface area contributed by atoms with Crippen LogP contribution in [-0.2, 0) is 18.9 Å². The van der Waals surface area contributed by atoms with Crippen molar-refractivity contribution >= 4 is 96.1 Å². The maximum Gasteiger partial charge on any atom is 0.318 e. The van der Waals surface area contributed by atoms with E-state index in [1.165, 1.54) is 24.6 Å². The minimum Gasteiger partial charge on any atom is -0.488 e. The van der Waals surface area contributed by atoms with E-state index >= 15 is 0 Å². The van der Waals surface area contributed by atoms with Crippen LogP contribution in [0.4, 0.5) is 56.4 Å². The average molecular weight is 1810 g/mol. The number of fused-ring (bicyclic) bond motifs is 4. The number of methoxy groups -OCH3 is 1. The van der Waals surface area contributed by atoms with Crippen molar-refractivity contribution in [2.45, 2.75) is 170 Å². The SMILES string of the molecule is CN(C)c1nc(NC2CCC(Oc3cc(N4CCOCC4)cc4nccnc34)CC2)ncc1F.CN1CCC(c2cnc(NC3CCC(Oc4cc(N5CCOCC5)cc5nccnc45)CC3)nc2)CC1.COc1nccc(NC2CCC(Oc3cc(N4CCOCC4)cc4nccnc34)CC2)n1.c1cc(NC2CCC(Oc3cc(N4CCOCC4)cc4nccnc34)CC2)ccn1. The third-order valence-electron chi connectivity index (χ3n) is 26.4. The molecule has 35 heteroatoms. The van der Waals surface area contributed by atoms with Gasteiger partial charge in [0.2, 0.25) is 11.9 Å². The molecule has 4 aromatic carbocycles. The molecule has 4 aliphatic carbocycles. The van der Waals surface area contributed by atoms with Gasteiger partial charge in [-0.3, -0.25) is 24.9 Å². The van der Waals surface area contributed by atoms with Gasteiger partial charge in [-0.1, -0.05) is 0 Å². The van der Waals surface area contributed by atoms with E-state index in [9.17, 15) is 4.39 Å². The molecule has 34 nitrogen and oxygen atoms in total. The molecule has 9 fully saturated rings. The zero-order valence-corrected chi connectivity index (χ0v) is 76.5. The number of halogens is 1. The van der Waals surface area contributed by atoms with Gasteiger partial charge in [0, 0.05) is 224 Å². The van der Waals surface area contributed by atoms with Crippen molar-refractivity contribution in [2.24, 2.45) is 0 Å². The molecule has 0 amide bonds. The second-order valence-electron chi connectivity index (χ2n) is 35.7. The Morgan fingerprint density at radius 3 is 1.07 bits per heavy atom. The molecule has 5 saturated heterocycles. The summed E-state index contributed by atoms with van der Waals surface area (Å²) in [6.45, 7) is 15.2. The first-order chi connectivity index (χ1) is 65.4. The van der Waals surface area contributed by atoms with Gasteiger partial charge in [-0.05, 0) is 190 Å². The number of morpholine rings is 4. The number of rotatable bonds is 23. The van der Waals surface area contributed by atoms with Crippen LogP contribution in [0.25, 0.3) is 44.1 Å². The molecular weight excluding hydrogens is 1690 g/mol. The van der Waals surface area contributed by atoms with E-state index in [1.54, 1.807) is 81.9 Å². The van der Waals surface area contributed by atoms with Gasteiger partial charge in [-0.2, -0.15) is 9.97 Å². The zero-order chi connectivity index (χ0) is 90.4. The Kier molecular flexibility index (Phi) is 30.7. The highest BCUT2D eigenvalue weighted by atomic mass is 19.1. The summed E-state index contributed by atoms with van der Waals surface area (Å²) in [5.41, 5.74) is 13.6. The highest BCUT2D eigenvalue weighted by Gasteiger charge is 2.32. The lowest BCUT2D eigenvalue weighted by Gasteiger charge is -2.31. The van der Waals surface area contributed by atoms with Crippen LogP contribution in [-0.4, -0.2) is 275 Å². The number of nitrogens with zero attached hydrogens (tertiary/aromatic N) is 21. The molecule has 0 bridgehead atoms. The topological polar surface area (TPSA) is 344 Å². The first kappa shape index (κ1) is 91.1. The fourth-order valence-corrected chi connectivity index (χ4v) is 19.0. The summed E-state index contributed by atoms with van der Waals surface area (Å²) in [4.78, 5) is 79.9. The molecule has 21 rings (SSSR count). The largest absolute Gasteiger partial charge is 0.488 e. The quantitative estimate of drug-likeness (QED) is 0.0462. The molecule has 0 atom stereocenters. The van der Waals surface area contributed by atoms with E-state index in [2.05, 4.69) is 176 Å². The maximum absolute atomic E-state index is 13.9. The lowest BCUT2D eigenvalue weighted by molar-refractivity contribution is 0.122. The van der Waals surface area contributed by atoms with Crippen molar-refractivity contribution in [1.82, 2.24) is 79.7 Å². The van der Waals surface area contributed by atoms with Gasteiger partial charge in [-0.15, -0.1) is 0 Å². The fraction of sp³-hybridized carbons (Fsp3) is 0.500. The molecule has 12 aromatic rings. The van der Waals surface area contributed by atoms with Crippen molar-refractivity contribution in [2.75, 3.05) is 192 Å². The zero-order valence-electron chi connectivity index (χ0n) is 76.5. The Balaban J connectivity index is 0.000000119. The van der Waals surface area contributed by atoms with Crippen molar-refractivity contribution < 1.29 is 47.0 Å². The number of benzene rings is 4. The van der Waals surface area contributed by atoms with E-state index in [0.717, 1.165) is 328 Å². The number of likely N-dealkylation sites (tertiary alicyclic amines) is 1. The van der Waals surface area contributed by atoms with Crippen molar-refractivity contribution in [3.63, 3.8) is 0 Å². The minimum atomic E-state index is -0.428. The van der Waals surface area contributed by atoms with E-state index in [1.807, 2.05) is 43.0 Å². The molecule has 4 saturated carbocycles. The van der Waals surface area contributed by atoms with Gasteiger partial charge < -0.3 is 93.3 Å². The van der Waals surface area contributed by atoms with Crippen LogP contribution >= 0.6 is 0 Å². The first-order valence-corrected chi connectivity index (χ1v) is 47.4. The molecule has 0 spiro atoms. The summed E-state index contributed by atoms with van der Waals surface area (Å²) in [6.07, 6.45) is 43.2. The summed E-state index contributed by atoms with van der Waals surface area (Å²) < 4.78 is 67.1. The average Bonchev–Trinajstić information content (AvgIpc) is 0.802. The number of hydrogen-bond acceptors (Lipinski definition) is 34. The van der Waals surface area contributed by atoms with Crippen LogP contribution in [0.5, 0.6) is 29.0 Å². The molecule has 700 valence electrons.